The molecule has 2 aromatic rings. The lowest BCUT2D eigenvalue weighted by Crippen LogP contribution is -2.19. The molecule has 2 nitrogen and oxygen atoms in total. The number of benzene rings is 2. The lowest BCUT2D eigenvalue weighted by molar-refractivity contribution is -0.268. The molecule has 1 N–H and O–H groups in total. The van der Waals surface area contributed by atoms with Crippen molar-refractivity contribution in [2.24, 2.45) is 5.41 Å². The molecule has 0 aliphatic carbocycles. The zero-order chi connectivity index (χ0) is 14.0. The molecule has 0 heterocycles. The highest BCUT2D eigenvalue weighted by Crippen LogP contribution is 2.41. The molecule has 2 heteroatoms. The predicted octanol–water partition coefficient (Wildman–Crippen LogP) is 3.64. The van der Waals surface area contributed by atoms with Crippen molar-refractivity contribution in [1.82, 2.24) is 0 Å². The van der Waals surface area contributed by atoms with Gasteiger partial charge in [-0.15, -0.1) is 5.75 Å². The second-order valence-electron chi connectivity index (χ2n) is 5.96. The molecule has 2 rings (SSSR count). The first kappa shape index (κ1) is 13.5. The first-order valence-electron chi connectivity index (χ1n) is 6.44. The van der Waals surface area contributed by atoms with Gasteiger partial charge in [-0.1, -0.05) is 57.2 Å². The fourth-order valence-corrected chi connectivity index (χ4v) is 2.52. The molecule has 19 heavy (non-hydrogen) atoms. The smallest absolute Gasteiger partial charge is 0.115 e. The van der Waals surface area contributed by atoms with Gasteiger partial charge >= 0.3 is 0 Å². The number of rotatable bonds is 2. The standard InChI is InChI=1S/C17H20O2/c1-17(2,3)16(12-4-8-14(18)9-5-12)13-6-10-15(19)11-7-13/h4-11,16,18-19H,1-3H3/p-1. The van der Waals surface area contributed by atoms with Crippen molar-refractivity contribution in [3.05, 3.63) is 59.7 Å². The van der Waals surface area contributed by atoms with E-state index in [1.807, 2.05) is 24.3 Å². The molecular weight excluding hydrogens is 236 g/mol. The van der Waals surface area contributed by atoms with Crippen molar-refractivity contribution in [2.45, 2.75) is 26.7 Å². The summed E-state index contributed by atoms with van der Waals surface area (Å²) < 4.78 is 0. The summed E-state index contributed by atoms with van der Waals surface area (Å²) in [6.45, 7) is 6.53. The van der Waals surface area contributed by atoms with Crippen molar-refractivity contribution in [1.29, 1.82) is 0 Å². The molecule has 0 saturated heterocycles. The van der Waals surface area contributed by atoms with Crippen LogP contribution in [-0.2, 0) is 0 Å². The maximum atomic E-state index is 11.2. The van der Waals surface area contributed by atoms with Gasteiger partial charge in [0.25, 0.3) is 0 Å². The van der Waals surface area contributed by atoms with Gasteiger partial charge in [0.05, 0.1) is 0 Å². The average Bonchev–Trinajstić information content (AvgIpc) is 2.33. The van der Waals surface area contributed by atoms with Crippen molar-refractivity contribution in [3.63, 3.8) is 0 Å². The SMILES string of the molecule is CC(C)(C)C(c1ccc([O-])cc1)c1ccc(O)cc1. The summed E-state index contributed by atoms with van der Waals surface area (Å²) in [6, 6.07) is 14.3. The van der Waals surface area contributed by atoms with Gasteiger partial charge in [0.1, 0.15) is 5.75 Å². The van der Waals surface area contributed by atoms with Gasteiger partial charge in [0, 0.05) is 5.92 Å². The number of hydrogen-bond donors (Lipinski definition) is 1. The van der Waals surface area contributed by atoms with Crippen LogP contribution in [0.25, 0.3) is 0 Å². The topological polar surface area (TPSA) is 43.3 Å². The van der Waals surface area contributed by atoms with Gasteiger partial charge in [-0.05, 0) is 28.7 Å². The zero-order valence-electron chi connectivity index (χ0n) is 11.6. The highest BCUT2D eigenvalue weighted by atomic mass is 16.3. The minimum atomic E-state index is 0.0291. The van der Waals surface area contributed by atoms with Crippen LogP contribution in [-0.4, -0.2) is 5.11 Å². The molecule has 0 radical (unpaired) electrons. The molecule has 1 unspecified atom stereocenters. The fraction of sp³-hybridized carbons (Fsp3) is 0.294. The van der Waals surface area contributed by atoms with E-state index in [2.05, 4.69) is 20.8 Å². The van der Waals surface area contributed by atoms with E-state index in [1.54, 1.807) is 24.3 Å². The monoisotopic (exact) mass is 255 g/mol. The third kappa shape index (κ3) is 3.08. The molecule has 0 aromatic heterocycles. The zero-order valence-corrected chi connectivity index (χ0v) is 11.6. The number of phenols is 1. The van der Waals surface area contributed by atoms with Crippen LogP contribution in [0.5, 0.6) is 11.5 Å². The van der Waals surface area contributed by atoms with Crippen LogP contribution in [0, 0.1) is 5.41 Å². The molecule has 0 amide bonds. The van der Waals surface area contributed by atoms with Gasteiger partial charge in [-0.2, -0.15) is 0 Å². The summed E-state index contributed by atoms with van der Waals surface area (Å²) >= 11 is 0. The molecular formula is C17H19O2-. The molecule has 0 aliphatic rings. The molecule has 2 aromatic carbocycles. The van der Waals surface area contributed by atoms with E-state index in [0.717, 1.165) is 11.1 Å². The Hall–Kier alpha value is -1.96. The molecule has 100 valence electrons. The van der Waals surface area contributed by atoms with Crippen LogP contribution in [0.4, 0.5) is 0 Å². The van der Waals surface area contributed by atoms with E-state index >= 15 is 0 Å². The normalized spacial score (nSPS) is 13.2. The number of phenolic OH excluding ortho intramolecular Hbond substituents is 1. The highest BCUT2D eigenvalue weighted by molar-refractivity contribution is 5.38. The van der Waals surface area contributed by atoms with Gasteiger partial charge < -0.3 is 10.2 Å². The molecule has 0 aliphatic heterocycles. The van der Waals surface area contributed by atoms with Crippen molar-refractivity contribution < 1.29 is 10.2 Å². The van der Waals surface area contributed by atoms with Crippen LogP contribution in [0.1, 0.15) is 37.8 Å². The molecule has 0 fully saturated rings. The fourth-order valence-electron chi connectivity index (χ4n) is 2.52. The van der Waals surface area contributed by atoms with E-state index in [-0.39, 0.29) is 22.8 Å². The van der Waals surface area contributed by atoms with Crippen molar-refractivity contribution in [3.8, 4) is 11.5 Å². The van der Waals surface area contributed by atoms with Gasteiger partial charge in [-0.3, -0.25) is 0 Å². The maximum Gasteiger partial charge on any atom is 0.115 e. The average molecular weight is 255 g/mol. The van der Waals surface area contributed by atoms with Gasteiger partial charge in [0.2, 0.25) is 0 Å². The summed E-state index contributed by atoms with van der Waals surface area (Å²) in [5.41, 5.74) is 2.29. The summed E-state index contributed by atoms with van der Waals surface area (Å²) in [7, 11) is 0. The van der Waals surface area contributed by atoms with E-state index in [1.165, 1.54) is 0 Å². The Morgan fingerprint density at radius 1 is 0.842 bits per heavy atom. The predicted molar refractivity (Wildman–Crippen MR) is 75.3 cm³/mol. The molecule has 0 saturated carbocycles. The Bertz CT molecular complexity index is 487. The van der Waals surface area contributed by atoms with E-state index in [9.17, 15) is 10.2 Å². The number of aromatic hydroxyl groups is 1. The minimum Gasteiger partial charge on any atom is -0.872 e. The maximum absolute atomic E-state index is 11.2. The highest BCUT2D eigenvalue weighted by Gasteiger charge is 2.27. The third-order valence-corrected chi connectivity index (χ3v) is 3.31. The van der Waals surface area contributed by atoms with Gasteiger partial charge in [0.15, 0.2) is 0 Å². The van der Waals surface area contributed by atoms with E-state index in [0.29, 0.717) is 0 Å². The van der Waals surface area contributed by atoms with Crippen LogP contribution in [0.15, 0.2) is 48.5 Å². The lowest BCUT2D eigenvalue weighted by atomic mass is 9.72. The van der Waals surface area contributed by atoms with Crippen molar-refractivity contribution in [2.75, 3.05) is 0 Å². The molecule has 0 bridgehead atoms. The van der Waals surface area contributed by atoms with Crippen LogP contribution < -0.4 is 5.11 Å². The van der Waals surface area contributed by atoms with Crippen LogP contribution in [0.2, 0.25) is 0 Å². The molecule has 1 atom stereocenters. The second-order valence-corrected chi connectivity index (χ2v) is 5.96. The Morgan fingerprint density at radius 2 is 1.26 bits per heavy atom. The van der Waals surface area contributed by atoms with Crippen LogP contribution >= 0.6 is 0 Å². The molecule has 0 spiro atoms. The first-order chi connectivity index (χ1) is 8.88. The summed E-state index contributed by atoms with van der Waals surface area (Å²) in [6.07, 6.45) is 0. The Kier molecular flexibility index (Phi) is 3.52. The quantitative estimate of drug-likeness (QED) is 0.890. The first-order valence-corrected chi connectivity index (χ1v) is 6.44. The summed E-state index contributed by atoms with van der Waals surface area (Å²) in [4.78, 5) is 0. The number of hydrogen-bond acceptors (Lipinski definition) is 2. The lowest BCUT2D eigenvalue weighted by Gasteiger charge is -2.32. The largest absolute Gasteiger partial charge is 0.872 e. The van der Waals surface area contributed by atoms with E-state index in [4.69, 9.17) is 0 Å². The van der Waals surface area contributed by atoms with Gasteiger partial charge in [-0.25, -0.2) is 0 Å². The Labute approximate surface area is 114 Å². The summed E-state index contributed by atoms with van der Waals surface area (Å²) in [5.74, 6) is 0.488. The Balaban J connectivity index is 2.47. The Morgan fingerprint density at radius 3 is 1.68 bits per heavy atom. The second kappa shape index (κ2) is 4.96. The minimum absolute atomic E-state index is 0.0291. The van der Waals surface area contributed by atoms with Crippen molar-refractivity contribution >= 4 is 0 Å². The van der Waals surface area contributed by atoms with E-state index < -0.39 is 0 Å². The summed E-state index contributed by atoms with van der Waals surface area (Å²) in [5, 5.41) is 20.6. The third-order valence-electron chi connectivity index (χ3n) is 3.31. The van der Waals surface area contributed by atoms with Crippen LogP contribution in [0.3, 0.4) is 0 Å².